The highest BCUT2D eigenvalue weighted by Crippen LogP contribution is 2.14. The van der Waals surface area contributed by atoms with Gasteiger partial charge in [0.15, 0.2) is 0 Å². The maximum Gasteiger partial charge on any atom is -0.0227 e. The summed E-state index contributed by atoms with van der Waals surface area (Å²) in [6, 6.07) is 10.4. The fraction of sp³-hybridized carbons (Fsp3) is 0.231. The summed E-state index contributed by atoms with van der Waals surface area (Å²) >= 11 is 0. The summed E-state index contributed by atoms with van der Waals surface area (Å²) in [5, 5.41) is 0. The SMILES string of the molecule is C/C=C(C)\C=C(/C)c1ccccc1. The Morgan fingerprint density at radius 3 is 2.23 bits per heavy atom. The molecule has 0 fully saturated rings. The molecule has 0 bridgehead atoms. The third-order valence-corrected chi connectivity index (χ3v) is 2.13. The maximum atomic E-state index is 2.20. The lowest BCUT2D eigenvalue weighted by Gasteiger charge is -2.00. The molecule has 0 spiro atoms. The second-order valence-electron chi connectivity index (χ2n) is 3.23. The molecule has 68 valence electrons. The summed E-state index contributed by atoms with van der Waals surface area (Å²) in [5.74, 6) is 0. The van der Waals surface area contributed by atoms with Gasteiger partial charge in [-0.1, -0.05) is 48.1 Å². The Labute approximate surface area is 80.6 Å². The number of rotatable bonds is 2. The van der Waals surface area contributed by atoms with Gasteiger partial charge in [-0.15, -0.1) is 0 Å². The van der Waals surface area contributed by atoms with Crippen molar-refractivity contribution in [3.8, 4) is 0 Å². The van der Waals surface area contributed by atoms with Gasteiger partial charge in [-0.05, 0) is 31.9 Å². The number of hydrogen-bond donors (Lipinski definition) is 0. The highest BCUT2D eigenvalue weighted by atomic mass is 14.0. The molecule has 1 aromatic carbocycles. The highest BCUT2D eigenvalue weighted by Gasteiger charge is 1.92. The van der Waals surface area contributed by atoms with Gasteiger partial charge in [0.25, 0.3) is 0 Å². The lowest BCUT2D eigenvalue weighted by atomic mass is 10.1. The van der Waals surface area contributed by atoms with Gasteiger partial charge in [-0.2, -0.15) is 0 Å². The van der Waals surface area contributed by atoms with Crippen LogP contribution in [0.1, 0.15) is 26.3 Å². The third kappa shape index (κ3) is 2.90. The molecular weight excluding hydrogens is 156 g/mol. The molecule has 0 heterocycles. The summed E-state index contributed by atoms with van der Waals surface area (Å²) in [7, 11) is 0. The van der Waals surface area contributed by atoms with E-state index in [1.807, 2.05) is 6.07 Å². The molecule has 0 amide bonds. The molecule has 1 rings (SSSR count). The third-order valence-electron chi connectivity index (χ3n) is 2.13. The zero-order valence-corrected chi connectivity index (χ0v) is 8.54. The van der Waals surface area contributed by atoms with Crippen LogP contribution < -0.4 is 0 Å². The van der Waals surface area contributed by atoms with E-state index in [0.29, 0.717) is 0 Å². The van der Waals surface area contributed by atoms with Crippen LogP contribution in [0.2, 0.25) is 0 Å². The number of benzene rings is 1. The van der Waals surface area contributed by atoms with Crippen LogP contribution in [0.15, 0.2) is 48.1 Å². The molecule has 0 aliphatic carbocycles. The Hall–Kier alpha value is -1.30. The Bertz CT molecular complexity index is 315. The van der Waals surface area contributed by atoms with Gasteiger partial charge in [0.05, 0.1) is 0 Å². The summed E-state index contributed by atoms with van der Waals surface area (Å²) in [6.07, 6.45) is 4.32. The van der Waals surface area contributed by atoms with Crippen molar-refractivity contribution in [1.29, 1.82) is 0 Å². The molecule has 0 N–H and O–H groups in total. The largest absolute Gasteiger partial charge is 0.0847 e. The molecule has 0 aliphatic heterocycles. The van der Waals surface area contributed by atoms with Crippen LogP contribution in [0, 0.1) is 0 Å². The minimum absolute atomic E-state index is 1.30. The van der Waals surface area contributed by atoms with Crippen molar-refractivity contribution in [2.45, 2.75) is 20.8 Å². The van der Waals surface area contributed by atoms with Crippen molar-refractivity contribution in [1.82, 2.24) is 0 Å². The van der Waals surface area contributed by atoms with E-state index in [4.69, 9.17) is 0 Å². The first-order valence-corrected chi connectivity index (χ1v) is 4.60. The van der Waals surface area contributed by atoms with Crippen LogP contribution in [0.3, 0.4) is 0 Å². The molecule has 1 aromatic rings. The lowest BCUT2D eigenvalue weighted by Crippen LogP contribution is -1.78. The average molecular weight is 172 g/mol. The van der Waals surface area contributed by atoms with Crippen LogP contribution >= 0.6 is 0 Å². The monoisotopic (exact) mass is 172 g/mol. The fourth-order valence-corrected chi connectivity index (χ4v) is 1.21. The molecule has 0 saturated heterocycles. The molecule has 0 aliphatic rings. The molecular formula is C13H16. The van der Waals surface area contributed by atoms with E-state index in [-0.39, 0.29) is 0 Å². The van der Waals surface area contributed by atoms with Gasteiger partial charge in [0.1, 0.15) is 0 Å². The van der Waals surface area contributed by atoms with Crippen LogP contribution in [-0.4, -0.2) is 0 Å². The first kappa shape index (κ1) is 9.79. The van der Waals surface area contributed by atoms with Crippen molar-refractivity contribution in [3.05, 3.63) is 53.6 Å². The van der Waals surface area contributed by atoms with Crippen molar-refractivity contribution in [3.63, 3.8) is 0 Å². The highest BCUT2D eigenvalue weighted by molar-refractivity contribution is 5.65. The van der Waals surface area contributed by atoms with Gasteiger partial charge in [0, 0.05) is 0 Å². The topological polar surface area (TPSA) is 0 Å². The van der Waals surface area contributed by atoms with Gasteiger partial charge in [0.2, 0.25) is 0 Å². The van der Waals surface area contributed by atoms with Crippen LogP contribution in [0.25, 0.3) is 5.57 Å². The maximum absolute atomic E-state index is 2.20. The molecule has 13 heavy (non-hydrogen) atoms. The summed E-state index contributed by atoms with van der Waals surface area (Å²) in [6.45, 7) is 6.32. The van der Waals surface area contributed by atoms with Crippen LogP contribution in [-0.2, 0) is 0 Å². The average Bonchev–Trinajstić information content (AvgIpc) is 2.19. The predicted octanol–water partition coefficient (Wildman–Crippen LogP) is 4.06. The van der Waals surface area contributed by atoms with Gasteiger partial charge in [-0.25, -0.2) is 0 Å². The standard InChI is InChI=1S/C13H16/c1-4-11(2)10-12(3)13-8-6-5-7-9-13/h4-10H,1-3H3/b11-4-,12-10+. The second-order valence-corrected chi connectivity index (χ2v) is 3.23. The Kier molecular flexibility index (Phi) is 3.51. The van der Waals surface area contributed by atoms with Crippen LogP contribution in [0.4, 0.5) is 0 Å². The van der Waals surface area contributed by atoms with Crippen molar-refractivity contribution in [2.24, 2.45) is 0 Å². The van der Waals surface area contributed by atoms with Gasteiger partial charge >= 0.3 is 0 Å². The molecule has 0 unspecified atom stereocenters. The van der Waals surface area contributed by atoms with Gasteiger partial charge in [-0.3, -0.25) is 0 Å². The quantitative estimate of drug-likeness (QED) is 0.590. The molecule has 0 heteroatoms. The van der Waals surface area contributed by atoms with E-state index in [0.717, 1.165) is 0 Å². The molecule has 0 aromatic heterocycles. The normalized spacial score (nSPS) is 13.2. The Morgan fingerprint density at radius 2 is 1.69 bits per heavy atom. The molecule has 0 atom stereocenters. The van der Waals surface area contributed by atoms with E-state index in [1.165, 1.54) is 16.7 Å². The van der Waals surface area contributed by atoms with E-state index < -0.39 is 0 Å². The van der Waals surface area contributed by atoms with Crippen molar-refractivity contribution < 1.29 is 0 Å². The first-order chi connectivity index (χ1) is 6.24. The number of allylic oxidation sites excluding steroid dienone is 4. The minimum atomic E-state index is 1.30. The predicted molar refractivity (Wildman–Crippen MR) is 59.5 cm³/mol. The van der Waals surface area contributed by atoms with E-state index in [2.05, 4.69) is 57.2 Å². The molecule has 0 saturated carbocycles. The fourth-order valence-electron chi connectivity index (χ4n) is 1.21. The summed E-state index contributed by atoms with van der Waals surface area (Å²) in [4.78, 5) is 0. The Morgan fingerprint density at radius 1 is 1.08 bits per heavy atom. The lowest BCUT2D eigenvalue weighted by molar-refractivity contribution is 1.46. The molecule has 0 nitrogen and oxygen atoms in total. The van der Waals surface area contributed by atoms with Crippen LogP contribution in [0.5, 0.6) is 0 Å². The first-order valence-electron chi connectivity index (χ1n) is 4.60. The molecule has 0 radical (unpaired) electrons. The number of hydrogen-bond acceptors (Lipinski definition) is 0. The minimum Gasteiger partial charge on any atom is -0.0847 e. The Balaban J connectivity index is 2.92. The van der Waals surface area contributed by atoms with Crippen molar-refractivity contribution in [2.75, 3.05) is 0 Å². The summed E-state index contributed by atoms with van der Waals surface area (Å²) in [5.41, 5.74) is 3.92. The van der Waals surface area contributed by atoms with Gasteiger partial charge < -0.3 is 0 Å². The van der Waals surface area contributed by atoms with E-state index in [9.17, 15) is 0 Å². The van der Waals surface area contributed by atoms with E-state index in [1.54, 1.807) is 0 Å². The smallest absolute Gasteiger partial charge is 0.0227 e. The zero-order valence-electron chi connectivity index (χ0n) is 8.54. The second kappa shape index (κ2) is 4.66. The zero-order chi connectivity index (χ0) is 9.68. The summed E-state index contributed by atoms with van der Waals surface area (Å²) < 4.78 is 0. The van der Waals surface area contributed by atoms with E-state index >= 15 is 0 Å². The van der Waals surface area contributed by atoms with Crippen molar-refractivity contribution >= 4 is 5.57 Å².